The number of halogens is 1. The Morgan fingerprint density at radius 3 is 2.67 bits per heavy atom. The molecule has 2 aromatic carbocycles. The summed E-state index contributed by atoms with van der Waals surface area (Å²) in [5.74, 6) is 0.317. The maximum absolute atomic E-state index is 15.0. The molecule has 138 valence electrons. The molecule has 4 rings (SSSR count). The number of benzene rings is 2. The van der Waals surface area contributed by atoms with Crippen molar-refractivity contribution < 1.29 is 13.7 Å². The third kappa shape index (κ3) is 2.54. The van der Waals surface area contributed by atoms with E-state index >= 15 is 4.39 Å². The minimum absolute atomic E-state index is 0.143. The van der Waals surface area contributed by atoms with Gasteiger partial charge in [0.2, 0.25) is 0 Å². The Balaban J connectivity index is 2.12. The van der Waals surface area contributed by atoms with Gasteiger partial charge in [0.25, 0.3) is 0 Å². The van der Waals surface area contributed by atoms with Gasteiger partial charge in [-0.15, -0.1) is 0 Å². The molecular formula is C20H18FN3O3. The normalized spacial score (nSPS) is 11.3. The van der Waals surface area contributed by atoms with Crippen LogP contribution in [0, 0.1) is 19.7 Å². The minimum atomic E-state index is -0.481. The van der Waals surface area contributed by atoms with Crippen LogP contribution in [0.3, 0.4) is 0 Å². The average molecular weight is 367 g/mol. The lowest BCUT2D eigenvalue weighted by atomic mass is 9.96. The molecule has 0 unspecified atom stereocenters. The summed E-state index contributed by atoms with van der Waals surface area (Å²) in [6.07, 6.45) is 0. The van der Waals surface area contributed by atoms with Gasteiger partial charge in [0.15, 0.2) is 11.6 Å². The molecule has 0 spiro atoms. The number of methoxy groups -OCH3 is 1. The van der Waals surface area contributed by atoms with Crippen LogP contribution in [0.4, 0.5) is 4.39 Å². The highest BCUT2D eigenvalue weighted by molar-refractivity contribution is 5.97. The lowest BCUT2D eigenvalue weighted by Gasteiger charge is -2.12. The van der Waals surface area contributed by atoms with Crippen LogP contribution in [0.5, 0.6) is 5.75 Å². The number of imidazole rings is 1. The van der Waals surface area contributed by atoms with Gasteiger partial charge in [-0.25, -0.2) is 9.18 Å². The predicted molar refractivity (Wildman–Crippen MR) is 100 cm³/mol. The van der Waals surface area contributed by atoms with E-state index in [9.17, 15) is 4.79 Å². The van der Waals surface area contributed by atoms with Gasteiger partial charge in [-0.1, -0.05) is 17.3 Å². The van der Waals surface area contributed by atoms with Gasteiger partial charge < -0.3 is 14.2 Å². The molecule has 0 amide bonds. The van der Waals surface area contributed by atoms with Gasteiger partial charge in [-0.3, -0.25) is 4.57 Å². The Bertz CT molecular complexity index is 1210. The number of fused-ring (bicyclic) bond motifs is 1. The van der Waals surface area contributed by atoms with Crippen molar-refractivity contribution in [3.05, 3.63) is 58.1 Å². The number of aromatic nitrogens is 3. The molecule has 0 aliphatic rings. The molecule has 27 heavy (non-hydrogen) atoms. The molecule has 0 radical (unpaired) electrons. The molecule has 6 nitrogen and oxygen atoms in total. The number of ether oxygens (including phenoxy) is 1. The summed E-state index contributed by atoms with van der Waals surface area (Å²) in [6, 6.07) is 8.65. The maximum atomic E-state index is 15.0. The zero-order chi connectivity index (χ0) is 19.3. The van der Waals surface area contributed by atoms with E-state index in [1.165, 1.54) is 11.7 Å². The van der Waals surface area contributed by atoms with Crippen molar-refractivity contribution in [3.63, 3.8) is 0 Å². The summed E-state index contributed by atoms with van der Waals surface area (Å²) < 4.78 is 26.9. The van der Waals surface area contributed by atoms with E-state index in [1.54, 1.807) is 25.2 Å². The molecule has 2 aromatic heterocycles. The third-order valence-electron chi connectivity index (χ3n) is 4.79. The van der Waals surface area contributed by atoms with Crippen LogP contribution < -0.4 is 10.4 Å². The zero-order valence-electron chi connectivity index (χ0n) is 15.4. The first-order valence-corrected chi connectivity index (χ1v) is 8.41. The van der Waals surface area contributed by atoms with Crippen molar-refractivity contribution in [1.29, 1.82) is 0 Å². The number of hydrogen-bond acceptors (Lipinski definition) is 4. The van der Waals surface area contributed by atoms with Gasteiger partial charge in [0.05, 0.1) is 23.8 Å². The average Bonchev–Trinajstić information content (AvgIpc) is 3.13. The van der Waals surface area contributed by atoms with Crippen molar-refractivity contribution in [2.24, 2.45) is 7.05 Å². The van der Waals surface area contributed by atoms with Gasteiger partial charge in [-0.2, -0.15) is 0 Å². The molecule has 0 saturated carbocycles. The van der Waals surface area contributed by atoms with Gasteiger partial charge in [0, 0.05) is 23.7 Å². The third-order valence-corrected chi connectivity index (χ3v) is 4.79. The van der Waals surface area contributed by atoms with Crippen molar-refractivity contribution >= 4 is 11.0 Å². The Morgan fingerprint density at radius 1 is 1.22 bits per heavy atom. The highest BCUT2D eigenvalue weighted by Crippen LogP contribution is 2.38. The number of rotatable bonds is 3. The molecule has 1 N–H and O–H groups in total. The molecule has 0 fully saturated rings. The summed E-state index contributed by atoms with van der Waals surface area (Å²) >= 11 is 0. The SMILES string of the molecule is COc1cccc(-c2cc(-c3c(C)noc3C)cc3[nH]c(=O)n(C)c23)c1F. The predicted octanol–water partition coefficient (Wildman–Crippen LogP) is 3.95. The van der Waals surface area contributed by atoms with E-state index in [1.807, 2.05) is 26.0 Å². The second kappa shape index (κ2) is 6.12. The Kier molecular flexibility index (Phi) is 3.87. The molecule has 2 heterocycles. The molecule has 4 aromatic rings. The topological polar surface area (TPSA) is 73.1 Å². The van der Waals surface area contributed by atoms with Crippen LogP contribution in [-0.4, -0.2) is 21.8 Å². The van der Waals surface area contributed by atoms with E-state index in [0.717, 1.165) is 16.8 Å². The van der Waals surface area contributed by atoms with Crippen molar-refractivity contribution in [2.75, 3.05) is 7.11 Å². The summed E-state index contributed by atoms with van der Waals surface area (Å²) in [5.41, 5.74) is 4.22. The van der Waals surface area contributed by atoms with Crippen molar-refractivity contribution in [1.82, 2.24) is 14.7 Å². The number of nitrogens with one attached hydrogen (secondary N) is 1. The quantitative estimate of drug-likeness (QED) is 0.595. The Morgan fingerprint density at radius 2 is 2.00 bits per heavy atom. The summed E-state index contributed by atoms with van der Waals surface area (Å²) in [6.45, 7) is 3.66. The fraction of sp³-hybridized carbons (Fsp3) is 0.200. The van der Waals surface area contributed by atoms with E-state index in [0.29, 0.717) is 27.9 Å². The second-order valence-electron chi connectivity index (χ2n) is 6.43. The minimum Gasteiger partial charge on any atom is -0.494 e. The fourth-order valence-electron chi connectivity index (χ4n) is 3.51. The van der Waals surface area contributed by atoms with E-state index in [4.69, 9.17) is 9.26 Å². The van der Waals surface area contributed by atoms with E-state index in [-0.39, 0.29) is 11.4 Å². The number of H-pyrrole nitrogens is 1. The first-order valence-electron chi connectivity index (χ1n) is 8.41. The molecule has 0 aliphatic heterocycles. The van der Waals surface area contributed by atoms with Crippen LogP contribution in [-0.2, 0) is 7.05 Å². The monoisotopic (exact) mass is 367 g/mol. The van der Waals surface area contributed by atoms with E-state index in [2.05, 4.69) is 10.1 Å². The summed E-state index contributed by atoms with van der Waals surface area (Å²) in [4.78, 5) is 15.0. The highest BCUT2D eigenvalue weighted by atomic mass is 19.1. The van der Waals surface area contributed by atoms with Crippen LogP contribution in [0.2, 0.25) is 0 Å². The lowest BCUT2D eigenvalue weighted by molar-refractivity contribution is 0.387. The number of aromatic amines is 1. The molecule has 7 heteroatoms. The van der Waals surface area contributed by atoms with Gasteiger partial charge in [0.1, 0.15) is 5.76 Å². The first-order chi connectivity index (χ1) is 12.9. The molecule has 0 atom stereocenters. The van der Waals surface area contributed by atoms with Crippen LogP contribution in [0.25, 0.3) is 33.3 Å². The maximum Gasteiger partial charge on any atom is 0.326 e. The summed E-state index contributed by atoms with van der Waals surface area (Å²) in [7, 11) is 3.07. The van der Waals surface area contributed by atoms with Crippen LogP contribution in [0.1, 0.15) is 11.5 Å². The zero-order valence-corrected chi connectivity index (χ0v) is 15.4. The largest absolute Gasteiger partial charge is 0.494 e. The Hall–Kier alpha value is -3.35. The molecule has 0 bridgehead atoms. The lowest BCUT2D eigenvalue weighted by Crippen LogP contribution is -2.12. The van der Waals surface area contributed by atoms with Gasteiger partial charge in [-0.05, 0) is 37.6 Å². The summed E-state index contributed by atoms with van der Waals surface area (Å²) in [5, 5.41) is 4.00. The van der Waals surface area contributed by atoms with Gasteiger partial charge >= 0.3 is 5.69 Å². The standard InChI is InChI=1S/C20H18FN3O3/c1-10-17(11(2)27-23-10)12-8-14(13-6-5-7-16(26-4)18(13)21)19-15(9-12)22-20(25)24(19)3/h5-9H,1-4H3,(H,22,25). The van der Waals surface area contributed by atoms with E-state index < -0.39 is 5.82 Å². The number of hydrogen-bond donors (Lipinski definition) is 1. The van der Waals surface area contributed by atoms with Crippen molar-refractivity contribution in [3.8, 4) is 28.0 Å². The highest BCUT2D eigenvalue weighted by Gasteiger charge is 2.20. The van der Waals surface area contributed by atoms with Crippen LogP contribution in [0.15, 0.2) is 39.6 Å². The second-order valence-corrected chi connectivity index (χ2v) is 6.43. The molecule has 0 aliphatic carbocycles. The molecule has 0 saturated heterocycles. The van der Waals surface area contributed by atoms with Crippen molar-refractivity contribution in [2.45, 2.75) is 13.8 Å². The number of aryl methyl sites for hydroxylation is 3. The Labute approximate surface area is 154 Å². The molecular weight excluding hydrogens is 349 g/mol. The van der Waals surface area contributed by atoms with Crippen LogP contribution >= 0.6 is 0 Å². The number of nitrogens with zero attached hydrogens (tertiary/aromatic N) is 2. The smallest absolute Gasteiger partial charge is 0.326 e. The fourth-order valence-corrected chi connectivity index (χ4v) is 3.51. The first kappa shape index (κ1) is 17.1.